The molecule has 6 heteroatoms. The van der Waals surface area contributed by atoms with Crippen LogP contribution < -0.4 is 10.2 Å². The normalized spacial score (nSPS) is 12.4. The molecule has 0 saturated carbocycles. The Bertz CT molecular complexity index is 536. The quantitative estimate of drug-likeness (QED) is 0.861. The lowest BCUT2D eigenvalue weighted by Gasteiger charge is -2.22. The third kappa shape index (κ3) is 6.86. The van der Waals surface area contributed by atoms with Crippen molar-refractivity contribution in [3.8, 4) is 0 Å². The number of anilines is 1. The van der Waals surface area contributed by atoms with Crippen LogP contribution in [0.15, 0.2) is 18.3 Å². The van der Waals surface area contributed by atoms with E-state index in [0.29, 0.717) is 6.54 Å². The molecule has 0 aliphatic heterocycles. The van der Waals surface area contributed by atoms with Gasteiger partial charge in [-0.15, -0.1) is 0 Å². The van der Waals surface area contributed by atoms with Gasteiger partial charge in [-0.25, -0.2) is 13.4 Å². The third-order valence-electron chi connectivity index (χ3n) is 2.82. The van der Waals surface area contributed by atoms with Gasteiger partial charge in [0.25, 0.3) is 0 Å². The van der Waals surface area contributed by atoms with Crippen molar-refractivity contribution in [1.29, 1.82) is 0 Å². The maximum absolute atomic E-state index is 11.2. The van der Waals surface area contributed by atoms with Crippen LogP contribution in [0.5, 0.6) is 0 Å². The maximum Gasteiger partial charge on any atom is 0.149 e. The Morgan fingerprint density at radius 1 is 1.35 bits per heavy atom. The van der Waals surface area contributed by atoms with Gasteiger partial charge in [-0.3, -0.25) is 0 Å². The second-order valence-corrected chi connectivity index (χ2v) is 8.44. The molecule has 0 radical (unpaired) electrons. The Labute approximate surface area is 122 Å². The minimum Gasteiger partial charge on any atom is -0.359 e. The van der Waals surface area contributed by atoms with Crippen LogP contribution in [-0.4, -0.2) is 44.5 Å². The van der Waals surface area contributed by atoms with E-state index in [9.17, 15) is 8.42 Å². The molecule has 0 aliphatic carbocycles. The summed E-state index contributed by atoms with van der Waals surface area (Å²) in [6.45, 7) is 7.56. The maximum atomic E-state index is 11.2. The van der Waals surface area contributed by atoms with Crippen LogP contribution in [0.1, 0.15) is 26.3 Å². The lowest BCUT2D eigenvalue weighted by Crippen LogP contribution is -2.35. The van der Waals surface area contributed by atoms with Gasteiger partial charge >= 0.3 is 0 Å². The van der Waals surface area contributed by atoms with Crippen molar-refractivity contribution < 1.29 is 8.42 Å². The molecule has 0 atom stereocenters. The minimum atomic E-state index is -2.95. The zero-order valence-corrected chi connectivity index (χ0v) is 13.8. The zero-order valence-electron chi connectivity index (χ0n) is 13.0. The summed E-state index contributed by atoms with van der Waals surface area (Å²) < 4.78 is 22.4. The summed E-state index contributed by atoms with van der Waals surface area (Å²) in [5, 5.41) is 3.42. The first-order valence-corrected chi connectivity index (χ1v) is 8.72. The van der Waals surface area contributed by atoms with Gasteiger partial charge in [0, 0.05) is 38.1 Å². The van der Waals surface area contributed by atoms with Crippen molar-refractivity contribution in [3.63, 3.8) is 0 Å². The fourth-order valence-corrected chi connectivity index (χ4v) is 2.17. The molecule has 1 rings (SSSR count). The molecule has 0 aliphatic rings. The fourth-order valence-electron chi connectivity index (χ4n) is 1.56. The van der Waals surface area contributed by atoms with Gasteiger partial charge in [-0.1, -0.05) is 0 Å². The Kier molecular flexibility index (Phi) is 5.53. The number of hydrogen-bond donors (Lipinski definition) is 1. The topological polar surface area (TPSA) is 62.3 Å². The summed E-state index contributed by atoms with van der Waals surface area (Å²) in [7, 11) is -1.09. The second-order valence-electron chi connectivity index (χ2n) is 6.18. The summed E-state index contributed by atoms with van der Waals surface area (Å²) in [5.41, 5.74) is 1.20. The summed E-state index contributed by atoms with van der Waals surface area (Å²) >= 11 is 0. The Morgan fingerprint density at radius 2 is 2.00 bits per heavy atom. The van der Waals surface area contributed by atoms with Crippen LogP contribution in [0.4, 0.5) is 5.82 Å². The van der Waals surface area contributed by atoms with Crippen LogP contribution in [0, 0.1) is 0 Å². The Morgan fingerprint density at radius 3 is 2.55 bits per heavy atom. The lowest BCUT2D eigenvalue weighted by atomic mass is 10.1. The van der Waals surface area contributed by atoms with Crippen LogP contribution in [-0.2, 0) is 16.4 Å². The number of pyridine rings is 1. The molecule has 0 amide bonds. The van der Waals surface area contributed by atoms with Crippen molar-refractivity contribution >= 4 is 15.7 Å². The van der Waals surface area contributed by atoms with Crippen LogP contribution >= 0.6 is 0 Å². The number of hydrogen-bond acceptors (Lipinski definition) is 5. The van der Waals surface area contributed by atoms with E-state index in [0.717, 1.165) is 17.9 Å². The average Bonchev–Trinajstić information content (AvgIpc) is 2.32. The lowest BCUT2D eigenvalue weighted by molar-refractivity contribution is 0.424. The molecular formula is C14H25N3O2S. The highest BCUT2D eigenvalue weighted by Gasteiger charge is 2.10. The molecule has 0 bridgehead atoms. The van der Waals surface area contributed by atoms with E-state index in [4.69, 9.17) is 0 Å². The summed E-state index contributed by atoms with van der Waals surface area (Å²) in [6.07, 6.45) is 3.00. The molecule has 1 heterocycles. The minimum absolute atomic E-state index is 0.0611. The number of sulfone groups is 1. The largest absolute Gasteiger partial charge is 0.359 e. The smallest absolute Gasteiger partial charge is 0.149 e. The summed E-state index contributed by atoms with van der Waals surface area (Å²) in [6, 6.07) is 3.95. The van der Waals surface area contributed by atoms with E-state index < -0.39 is 9.84 Å². The van der Waals surface area contributed by atoms with Gasteiger partial charge in [0.2, 0.25) is 0 Å². The van der Waals surface area contributed by atoms with E-state index in [-0.39, 0.29) is 11.3 Å². The van der Waals surface area contributed by atoms with Crippen molar-refractivity contribution in [2.24, 2.45) is 0 Å². The molecule has 1 aromatic heterocycles. The van der Waals surface area contributed by atoms with Gasteiger partial charge in [0.15, 0.2) is 0 Å². The summed E-state index contributed by atoms with van der Waals surface area (Å²) in [5.74, 6) is 0.928. The van der Waals surface area contributed by atoms with Gasteiger partial charge in [0.1, 0.15) is 15.7 Å². The van der Waals surface area contributed by atoms with Gasteiger partial charge < -0.3 is 10.2 Å². The fraction of sp³-hybridized carbons (Fsp3) is 0.643. The predicted molar refractivity (Wildman–Crippen MR) is 83.8 cm³/mol. The van der Waals surface area contributed by atoms with Crippen LogP contribution in [0.2, 0.25) is 0 Å². The van der Waals surface area contributed by atoms with Gasteiger partial charge in [0.05, 0.1) is 5.75 Å². The van der Waals surface area contributed by atoms with Crippen molar-refractivity contribution in [2.75, 3.05) is 30.5 Å². The van der Waals surface area contributed by atoms with E-state index >= 15 is 0 Å². The summed E-state index contributed by atoms with van der Waals surface area (Å²) in [4.78, 5) is 6.15. The molecule has 1 aromatic rings. The number of aromatic nitrogens is 1. The second kappa shape index (κ2) is 6.54. The van der Waals surface area contributed by atoms with E-state index in [1.165, 1.54) is 6.26 Å². The highest BCUT2D eigenvalue weighted by molar-refractivity contribution is 7.90. The average molecular weight is 299 g/mol. The molecule has 114 valence electrons. The molecule has 5 nitrogen and oxygen atoms in total. The molecule has 0 saturated heterocycles. The van der Waals surface area contributed by atoms with Gasteiger partial charge in [-0.05, 0) is 38.5 Å². The predicted octanol–water partition coefficient (Wildman–Crippen LogP) is 1.45. The molecule has 0 unspecified atom stereocenters. The number of nitrogens with one attached hydrogen (secondary N) is 1. The zero-order chi connectivity index (χ0) is 15.4. The van der Waals surface area contributed by atoms with Crippen LogP contribution in [0.3, 0.4) is 0 Å². The van der Waals surface area contributed by atoms with E-state index in [1.54, 1.807) is 6.20 Å². The van der Waals surface area contributed by atoms with Crippen molar-refractivity contribution in [1.82, 2.24) is 10.3 Å². The van der Waals surface area contributed by atoms with Gasteiger partial charge in [-0.2, -0.15) is 0 Å². The molecule has 20 heavy (non-hydrogen) atoms. The molecule has 0 fully saturated rings. The number of rotatable bonds is 6. The first-order chi connectivity index (χ1) is 9.07. The van der Waals surface area contributed by atoms with Crippen LogP contribution in [0.25, 0.3) is 0 Å². The standard InChI is InChI=1S/C14H25N3O2S/c1-14(2,3)16-11-12-6-7-15-13(10-12)17(4)8-9-20(5,18)19/h6-7,10,16H,8-9,11H2,1-5H3. The SMILES string of the molecule is CN(CCS(C)(=O)=O)c1cc(CNC(C)(C)C)ccn1. The highest BCUT2D eigenvalue weighted by atomic mass is 32.2. The molecule has 1 N–H and O–H groups in total. The third-order valence-corrected chi connectivity index (χ3v) is 3.75. The Balaban J connectivity index is 2.67. The first kappa shape index (κ1) is 16.9. The molecule has 0 spiro atoms. The van der Waals surface area contributed by atoms with Crippen molar-refractivity contribution in [2.45, 2.75) is 32.9 Å². The van der Waals surface area contributed by atoms with Crippen molar-refractivity contribution in [3.05, 3.63) is 23.9 Å². The van der Waals surface area contributed by atoms with E-state index in [1.807, 2.05) is 24.1 Å². The number of nitrogens with zero attached hydrogens (tertiary/aromatic N) is 2. The molecule has 0 aromatic carbocycles. The monoisotopic (exact) mass is 299 g/mol. The first-order valence-electron chi connectivity index (χ1n) is 6.66. The molecular weight excluding hydrogens is 274 g/mol. The Hall–Kier alpha value is -1.14. The van der Waals surface area contributed by atoms with E-state index in [2.05, 4.69) is 31.1 Å². The highest BCUT2D eigenvalue weighted by Crippen LogP contribution is 2.12.